The Kier molecular flexibility index (Phi) is 5.37. The van der Waals surface area contributed by atoms with Crippen molar-refractivity contribution in [3.8, 4) is 0 Å². The molecule has 4 rings (SSSR count). The Morgan fingerprint density at radius 1 is 1.00 bits per heavy atom. The van der Waals surface area contributed by atoms with Crippen LogP contribution >= 0.6 is 0 Å². The first-order chi connectivity index (χ1) is 15.4. The summed E-state index contributed by atoms with van der Waals surface area (Å²) in [4.78, 5) is 67.5. The minimum Gasteiger partial charge on any atom is -0.465 e. The molecule has 0 bridgehead atoms. The number of benzene rings is 2. The number of hydrogen-bond donors (Lipinski definition) is 2. The molecule has 2 N–H and O–H groups in total. The van der Waals surface area contributed by atoms with Crippen molar-refractivity contribution < 1.29 is 19.1 Å². The van der Waals surface area contributed by atoms with Gasteiger partial charge in [0.2, 0.25) is 0 Å². The van der Waals surface area contributed by atoms with E-state index in [1.807, 2.05) is 0 Å². The highest BCUT2D eigenvalue weighted by Gasteiger charge is 2.13. The summed E-state index contributed by atoms with van der Waals surface area (Å²) in [5, 5.41) is 2.96. The quantitative estimate of drug-likeness (QED) is 0.428. The lowest BCUT2D eigenvalue weighted by Crippen LogP contribution is -2.32. The van der Waals surface area contributed by atoms with E-state index in [1.54, 1.807) is 12.1 Å². The number of hydrogen-bond acceptors (Lipinski definition) is 8. The number of aromatic nitrogens is 4. The number of rotatable bonds is 5. The summed E-state index contributed by atoms with van der Waals surface area (Å²) in [6.45, 7) is -0.928. The topological polar surface area (TPSA) is 153 Å². The first-order valence-electron chi connectivity index (χ1n) is 9.36. The number of aromatic amines is 2. The number of H-pyrrole nitrogens is 2. The molecule has 162 valence electrons. The lowest BCUT2D eigenvalue weighted by Gasteiger charge is -2.08. The van der Waals surface area contributed by atoms with Crippen LogP contribution in [0.2, 0.25) is 0 Å². The van der Waals surface area contributed by atoms with Gasteiger partial charge in [-0.2, -0.15) is 0 Å². The van der Waals surface area contributed by atoms with Gasteiger partial charge in [0.05, 0.1) is 34.3 Å². The molecule has 11 nitrogen and oxygen atoms in total. The summed E-state index contributed by atoms with van der Waals surface area (Å²) in [5.41, 5.74) is -1.12. The number of methoxy groups -OCH3 is 1. The van der Waals surface area contributed by atoms with E-state index in [2.05, 4.69) is 19.8 Å². The molecule has 0 saturated carbocycles. The van der Waals surface area contributed by atoms with Crippen LogP contribution in [0.3, 0.4) is 0 Å². The summed E-state index contributed by atoms with van der Waals surface area (Å²) in [5.74, 6) is -1.38. The summed E-state index contributed by atoms with van der Waals surface area (Å²) in [7, 11) is 1.23. The van der Waals surface area contributed by atoms with Gasteiger partial charge in [0.25, 0.3) is 16.7 Å². The Hall–Kier alpha value is -4.54. The average molecular weight is 436 g/mol. The van der Waals surface area contributed by atoms with Gasteiger partial charge in [-0.05, 0) is 30.3 Å². The summed E-state index contributed by atoms with van der Waals surface area (Å²) >= 11 is 0. The molecule has 11 heteroatoms. The first kappa shape index (κ1) is 20.7. The van der Waals surface area contributed by atoms with Crippen LogP contribution in [0.5, 0.6) is 0 Å². The second-order valence-electron chi connectivity index (χ2n) is 6.77. The number of nitrogens with zero attached hydrogens (tertiary/aromatic N) is 2. The van der Waals surface area contributed by atoms with Crippen molar-refractivity contribution in [2.75, 3.05) is 7.11 Å². The van der Waals surface area contributed by atoms with Gasteiger partial charge in [-0.15, -0.1) is 0 Å². The third-order valence-electron chi connectivity index (χ3n) is 4.72. The number of nitrogens with one attached hydrogen (secondary N) is 2. The molecule has 0 aliphatic carbocycles. The van der Waals surface area contributed by atoms with E-state index in [4.69, 9.17) is 4.74 Å². The highest BCUT2D eigenvalue weighted by Crippen LogP contribution is 2.12. The molecule has 0 unspecified atom stereocenters. The van der Waals surface area contributed by atoms with E-state index in [9.17, 15) is 24.0 Å². The maximum Gasteiger partial charge on any atom is 0.337 e. The molecule has 4 aromatic rings. The molecule has 0 aliphatic heterocycles. The van der Waals surface area contributed by atoms with Gasteiger partial charge >= 0.3 is 11.9 Å². The fourth-order valence-corrected chi connectivity index (χ4v) is 3.18. The molecule has 0 saturated heterocycles. The molecule has 0 atom stereocenters. The molecule has 0 radical (unpaired) electrons. The third-order valence-corrected chi connectivity index (χ3v) is 4.72. The SMILES string of the molecule is COC(=O)c1ccc2c(=O)[nH]c(COC(=O)Cn3[nH]c(=O)c4ccccc4c3=O)nc2c1. The monoisotopic (exact) mass is 436 g/mol. The zero-order valence-electron chi connectivity index (χ0n) is 16.7. The molecule has 2 aromatic heterocycles. The highest BCUT2D eigenvalue weighted by molar-refractivity contribution is 5.94. The molecule has 2 heterocycles. The van der Waals surface area contributed by atoms with E-state index < -0.39 is 35.2 Å². The van der Waals surface area contributed by atoms with Crippen LogP contribution in [-0.4, -0.2) is 38.8 Å². The van der Waals surface area contributed by atoms with Crippen LogP contribution < -0.4 is 16.7 Å². The number of carbonyl (C=O) groups excluding carboxylic acids is 2. The normalized spacial score (nSPS) is 10.9. The van der Waals surface area contributed by atoms with Gasteiger partial charge in [0.15, 0.2) is 0 Å². The largest absolute Gasteiger partial charge is 0.465 e. The van der Waals surface area contributed by atoms with Crippen molar-refractivity contribution in [3.05, 3.63) is 84.9 Å². The average Bonchev–Trinajstić information content (AvgIpc) is 2.80. The molecule has 0 spiro atoms. The van der Waals surface area contributed by atoms with Gasteiger partial charge in [-0.1, -0.05) is 12.1 Å². The fraction of sp³-hybridized carbons (Fsp3) is 0.143. The molecule has 0 amide bonds. The fourth-order valence-electron chi connectivity index (χ4n) is 3.18. The van der Waals surface area contributed by atoms with Crippen molar-refractivity contribution in [2.45, 2.75) is 13.2 Å². The summed E-state index contributed by atoms with van der Waals surface area (Å²) in [6, 6.07) is 10.5. The molecule has 32 heavy (non-hydrogen) atoms. The number of fused-ring (bicyclic) bond motifs is 2. The van der Waals surface area contributed by atoms with Crippen LogP contribution in [0.25, 0.3) is 21.7 Å². The first-order valence-corrected chi connectivity index (χ1v) is 9.36. The van der Waals surface area contributed by atoms with Crippen LogP contribution in [0.4, 0.5) is 0 Å². The Balaban J connectivity index is 1.54. The van der Waals surface area contributed by atoms with Gasteiger partial charge in [-0.25, -0.2) is 14.5 Å². The second-order valence-corrected chi connectivity index (χ2v) is 6.77. The summed E-state index contributed by atoms with van der Waals surface area (Å²) < 4.78 is 10.6. The van der Waals surface area contributed by atoms with Crippen LogP contribution in [-0.2, 0) is 27.4 Å². The maximum absolute atomic E-state index is 12.5. The van der Waals surface area contributed by atoms with Crippen molar-refractivity contribution >= 4 is 33.6 Å². The summed E-state index contributed by atoms with van der Waals surface area (Å²) in [6.07, 6.45) is 0. The van der Waals surface area contributed by atoms with Crippen molar-refractivity contribution in [1.29, 1.82) is 0 Å². The highest BCUT2D eigenvalue weighted by atomic mass is 16.5. The predicted molar refractivity (Wildman–Crippen MR) is 112 cm³/mol. The molecule has 2 aromatic carbocycles. The van der Waals surface area contributed by atoms with E-state index in [0.717, 1.165) is 4.68 Å². The van der Waals surface area contributed by atoms with Crippen molar-refractivity contribution in [3.63, 3.8) is 0 Å². The number of esters is 2. The number of carbonyl (C=O) groups is 2. The molecular formula is C21H16N4O7. The lowest BCUT2D eigenvalue weighted by atomic mass is 10.1. The minimum atomic E-state index is -0.830. The van der Waals surface area contributed by atoms with Crippen molar-refractivity contribution in [1.82, 2.24) is 19.7 Å². The zero-order chi connectivity index (χ0) is 22.8. The second kappa shape index (κ2) is 8.30. The number of ether oxygens (including phenoxy) is 2. The van der Waals surface area contributed by atoms with Crippen LogP contribution in [0, 0.1) is 0 Å². The van der Waals surface area contributed by atoms with Gasteiger partial charge in [-0.3, -0.25) is 24.3 Å². The van der Waals surface area contributed by atoms with Gasteiger partial charge < -0.3 is 14.5 Å². The zero-order valence-corrected chi connectivity index (χ0v) is 16.7. The maximum atomic E-state index is 12.5. The third kappa shape index (κ3) is 3.90. The Bertz CT molecular complexity index is 1550. The van der Waals surface area contributed by atoms with Crippen LogP contribution in [0.1, 0.15) is 16.2 Å². The van der Waals surface area contributed by atoms with E-state index >= 15 is 0 Å². The Morgan fingerprint density at radius 2 is 1.75 bits per heavy atom. The van der Waals surface area contributed by atoms with E-state index in [0.29, 0.717) is 0 Å². The lowest BCUT2D eigenvalue weighted by molar-refractivity contribution is -0.146. The van der Waals surface area contributed by atoms with Gasteiger partial charge in [0.1, 0.15) is 19.0 Å². The van der Waals surface area contributed by atoms with Crippen molar-refractivity contribution in [2.24, 2.45) is 0 Å². The Labute approximate surface area is 178 Å². The standard InChI is InChI=1S/C21H16N4O7/c1-31-21(30)11-6-7-14-15(8-11)22-16(23-18(14)27)10-32-17(26)9-25-20(29)13-5-3-2-4-12(13)19(28)24-25/h2-8H,9-10H2,1H3,(H,24,28)(H,22,23,27). The molecular weight excluding hydrogens is 420 g/mol. The van der Waals surface area contributed by atoms with Crippen LogP contribution in [0.15, 0.2) is 56.8 Å². The minimum absolute atomic E-state index is 0.0391. The Morgan fingerprint density at radius 3 is 2.50 bits per heavy atom. The van der Waals surface area contributed by atoms with E-state index in [-0.39, 0.29) is 39.7 Å². The molecule has 0 fully saturated rings. The predicted octanol–water partition coefficient (Wildman–Crippen LogP) is 0.456. The molecule has 0 aliphatic rings. The smallest absolute Gasteiger partial charge is 0.337 e. The van der Waals surface area contributed by atoms with Gasteiger partial charge in [0, 0.05) is 0 Å². The van der Waals surface area contributed by atoms with E-state index in [1.165, 1.54) is 37.4 Å².